The molecule has 0 spiro atoms. The van der Waals surface area contributed by atoms with Crippen LogP contribution in [0, 0.1) is 5.92 Å². The van der Waals surface area contributed by atoms with Gasteiger partial charge in [-0.3, -0.25) is 4.79 Å². The summed E-state index contributed by atoms with van der Waals surface area (Å²) in [5, 5.41) is 5.17. The number of fused-ring (bicyclic) bond motifs is 1. The maximum absolute atomic E-state index is 11.9. The van der Waals surface area contributed by atoms with E-state index in [1.807, 2.05) is 44.2 Å². The molecule has 0 aliphatic rings. The fraction of sp³-hybridized carbons (Fsp3) is 0.353. The summed E-state index contributed by atoms with van der Waals surface area (Å²) in [5.41, 5.74) is 6.80. The predicted octanol–water partition coefficient (Wildman–Crippen LogP) is 2.45. The molecular formula is C17H22N2O2. The predicted molar refractivity (Wildman–Crippen MR) is 85.2 cm³/mol. The van der Waals surface area contributed by atoms with Crippen molar-refractivity contribution in [2.45, 2.75) is 26.4 Å². The lowest BCUT2D eigenvalue weighted by molar-refractivity contribution is -0.125. The molecule has 3 N–H and O–H groups in total. The van der Waals surface area contributed by atoms with Crippen molar-refractivity contribution in [3.63, 3.8) is 0 Å². The third-order valence-corrected chi connectivity index (χ3v) is 3.78. The van der Waals surface area contributed by atoms with Crippen LogP contribution < -0.4 is 15.8 Å². The lowest BCUT2D eigenvalue weighted by Crippen LogP contribution is -2.38. The number of methoxy groups -OCH3 is 1. The van der Waals surface area contributed by atoms with Crippen LogP contribution in [0.5, 0.6) is 5.75 Å². The fourth-order valence-electron chi connectivity index (χ4n) is 2.10. The molecule has 2 rings (SSSR count). The van der Waals surface area contributed by atoms with Crippen LogP contribution in [-0.2, 0) is 11.3 Å². The molecule has 0 bridgehead atoms. The first kappa shape index (κ1) is 15.3. The monoisotopic (exact) mass is 286 g/mol. The standard InChI is InChI=1S/C17H22N2O2/c1-11(12(2)18)17(20)19-10-13-4-5-15-9-16(21-3)7-6-14(15)8-13/h4-9,11-12H,10,18H2,1-3H3,(H,19,20). The van der Waals surface area contributed by atoms with E-state index in [0.29, 0.717) is 6.54 Å². The van der Waals surface area contributed by atoms with Gasteiger partial charge in [-0.1, -0.05) is 25.1 Å². The van der Waals surface area contributed by atoms with Crippen LogP contribution in [0.3, 0.4) is 0 Å². The third-order valence-electron chi connectivity index (χ3n) is 3.78. The number of nitrogens with one attached hydrogen (secondary N) is 1. The van der Waals surface area contributed by atoms with Gasteiger partial charge in [-0.05, 0) is 41.5 Å². The van der Waals surface area contributed by atoms with Crippen molar-refractivity contribution in [3.05, 3.63) is 42.0 Å². The summed E-state index contributed by atoms with van der Waals surface area (Å²) in [5.74, 6) is 0.642. The lowest BCUT2D eigenvalue weighted by Gasteiger charge is -2.15. The van der Waals surface area contributed by atoms with Crippen molar-refractivity contribution in [1.29, 1.82) is 0 Å². The number of nitrogens with two attached hydrogens (primary N) is 1. The van der Waals surface area contributed by atoms with Crippen molar-refractivity contribution >= 4 is 16.7 Å². The Bertz CT molecular complexity index is 638. The number of hydrogen-bond donors (Lipinski definition) is 2. The maximum Gasteiger partial charge on any atom is 0.224 e. The number of carbonyl (C=O) groups is 1. The lowest BCUT2D eigenvalue weighted by atomic mass is 10.0. The first-order chi connectivity index (χ1) is 10.0. The number of carbonyl (C=O) groups excluding carboxylic acids is 1. The molecule has 2 atom stereocenters. The van der Waals surface area contributed by atoms with Gasteiger partial charge in [0.05, 0.1) is 7.11 Å². The minimum absolute atomic E-state index is 0.0140. The molecule has 2 aromatic carbocycles. The smallest absolute Gasteiger partial charge is 0.224 e. The average Bonchev–Trinajstić information content (AvgIpc) is 2.50. The van der Waals surface area contributed by atoms with Crippen molar-refractivity contribution < 1.29 is 9.53 Å². The molecule has 0 saturated carbocycles. The molecule has 0 radical (unpaired) electrons. The molecule has 0 heterocycles. The third kappa shape index (κ3) is 3.73. The van der Waals surface area contributed by atoms with Crippen LogP contribution >= 0.6 is 0 Å². The number of hydrogen-bond acceptors (Lipinski definition) is 3. The molecule has 0 aliphatic heterocycles. The van der Waals surface area contributed by atoms with Crippen LogP contribution in [0.2, 0.25) is 0 Å². The molecular weight excluding hydrogens is 264 g/mol. The van der Waals surface area contributed by atoms with Crippen LogP contribution in [-0.4, -0.2) is 19.1 Å². The SMILES string of the molecule is COc1ccc2cc(CNC(=O)C(C)C(C)N)ccc2c1. The van der Waals surface area contributed by atoms with Gasteiger partial charge in [0.1, 0.15) is 5.75 Å². The average molecular weight is 286 g/mol. The highest BCUT2D eigenvalue weighted by Crippen LogP contribution is 2.21. The molecule has 0 saturated heterocycles. The Balaban J connectivity index is 2.08. The minimum atomic E-state index is -0.185. The number of amides is 1. The zero-order valence-corrected chi connectivity index (χ0v) is 12.7. The highest BCUT2D eigenvalue weighted by molar-refractivity contribution is 5.84. The van der Waals surface area contributed by atoms with Crippen LogP contribution in [0.1, 0.15) is 19.4 Å². The Kier molecular flexibility index (Phi) is 4.81. The molecule has 0 aliphatic carbocycles. The van der Waals surface area contributed by atoms with Gasteiger partial charge in [0.25, 0.3) is 0 Å². The molecule has 0 fully saturated rings. The highest BCUT2D eigenvalue weighted by Gasteiger charge is 2.16. The maximum atomic E-state index is 11.9. The van der Waals surface area contributed by atoms with E-state index in [-0.39, 0.29) is 17.9 Å². The van der Waals surface area contributed by atoms with E-state index < -0.39 is 0 Å². The zero-order valence-electron chi connectivity index (χ0n) is 12.7. The summed E-state index contributed by atoms with van der Waals surface area (Å²) in [7, 11) is 1.66. The van der Waals surface area contributed by atoms with Gasteiger partial charge < -0.3 is 15.8 Å². The molecule has 2 unspecified atom stereocenters. The molecule has 112 valence electrons. The Morgan fingerprint density at radius 2 is 1.86 bits per heavy atom. The van der Waals surface area contributed by atoms with E-state index in [4.69, 9.17) is 10.5 Å². The first-order valence-corrected chi connectivity index (χ1v) is 7.11. The first-order valence-electron chi connectivity index (χ1n) is 7.11. The van der Waals surface area contributed by atoms with Gasteiger partial charge in [-0.2, -0.15) is 0 Å². The zero-order chi connectivity index (χ0) is 15.4. The Morgan fingerprint density at radius 3 is 2.52 bits per heavy atom. The molecule has 4 heteroatoms. The van der Waals surface area contributed by atoms with Gasteiger partial charge in [-0.25, -0.2) is 0 Å². The summed E-state index contributed by atoms with van der Waals surface area (Å²) in [4.78, 5) is 11.9. The second kappa shape index (κ2) is 6.59. The van der Waals surface area contributed by atoms with Gasteiger partial charge >= 0.3 is 0 Å². The topological polar surface area (TPSA) is 64.3 Å². The summed E-state index contributed by atoms with van der Waals surface area (Å²) in [6.07, 6.45) is 0. The summed E-state index contributed by atoms with van der Waals surface area (Å²) in [6, 6.07) is 11.9. The summed E-state index contributed by atoms with van der Waals surface area (Å²) in [6.45, 7) is 4.19. The van der Waals surface area contributed by atoms with E-state index >= 15 is 0 Å². The van der Waals surface area contributed by atoms with Crippen molar-refractivity contribution in [2.75, 3.05) is 7.11 Å². The van der Waals surface area contributed by atoms with Crippen molar-refractivity contribution in [1.82, 2.24) is 5.32 Å². The largest absolute Gasteiger partial charge is 0.497 e. The number of benzene rings is 2. The van der Waals surface area contributed by atoms with Gasteiger partial charge in [0.15, 0.2) is 0 Å². The second-order valence-electron chi connectivity index (χ2n) is 5.41. The van der Waals surface area contributed by atoms with Crippen LogP contribution in [0.15, 0.2) is 36.4 Å². The fourth-order valence-corrected chi connectivity index (χ4v) is 2.10. The minimum Gasteiger partial charge on any atom is -0.497 e. The van der Waals surface area contributed by atoms with Crippen LogP contribution in [0.4, 0.5) is 0 Å². The number of ether oxygens (including phenoxy) is 1. The van der Waals surface area contributed by atoms with E-state index in [2.05, 4.69) is 11.4 Å². The highest BCUT2D eigenvalue weighted by atomic mass is 16.5. The van der Waals surface area contributed by atoms with Gasteiger partial charge in [-0.15, -0.1) is 0 Å². The van der Waals surface area contributed by atoms with E-state index in [1.165, 1.54) is 0 Å². The van der Waals surface area contributed by atoms with E-state index in [0.717, 1.165) is 22.1 Å². The van der Waals surface area contributed by atoms with Gasteiger partial charge in [0.2, 0.25) is 5.91 Å². The van der Waals surface area contributed by atoms with Gasteiger partial charge in [0, 0.05) is 18.5 Å². The Morgan fingerprint density at radius 1 is 1.19 bits per heavy atom. The number of rotatable bonds is 5. The Hall–Kier alpha value is -2.07. The molecule has 0 aromatic heterocycles. The van der Waals surface area contributed by atoms with Crippen molar-refractivity contribution in [3.8, 4) is 5.75 Å². The quantitative estimate of drug-likeness (QED) is 0.887. The summed E-state index contributed by atoms with van der Waals surface area (Å²) >= 11 is 0. The van der Waals surface area contributed by atoms with Crippen molar-refractivity contribution in [2.24, 2.45) is 11.7 Å². The molecule has 1 amide bonds. The summed E-state index contributed by atoms with van der Waals surface area (Å²) < 4.78 is 5.21. The Labute approximate surface area is 125 Å². The van der Waals surface area contributed by atoms with Crippen LogP contribution in [0.25, 0.3) is 10.8 Å². The molecule has 2 aromatic rings. The molecule has 21 heavy (non-hydrogen) atoms. The normalized spacial score (nSPS) is 13.7. The molecule has 4 nitrogen and oxygen atoms in total. The van der Waals surface area contributed by atoms with E-state index in [1.54, 1.807) is 7.11 Å². The second-order valence-corrected chi connectivity index (χ2v) is 5.41. The van der Waals surface area contributed by atoms with E-state index in [9.17, 15) is 4.79 Å².